The Hall–Kier alpha value is -1.59. The maximum atomic E-state index is 12.1. The SMILES string of the molecule is CCN(CC)CC1Oc2cc(O)ccc2C(=O)C1O. The molecule has 0 fully saturated rings. The Balaban J connectivity index is 2.23. The number of phenolic OH excluding ortho intramolecular Hbond substituents is 1. The highest BCUT2D eigenvalue weighted by molar-refractivity contribution is 6.03. The summed E-state index contributed by atoms with van der Waals surface area (Å²) in [6.45, 7) is 6.16. The molecule has 2 rings (SSSR count). The fourth-order valence-electron chi connectivity index (χ4n) is 2.24. The van der Waals surface area contributed by atoms with Crippen LogP contribution in [-0.2, 0) is 0 Å². The molecule has 0 bridgehead atoms. The number of fused-ring (bicyclic) bond motifs is 1. The lowest BCUT2D eigenvalue weighted by Gasteiger charge is -2.32. The minimum absolute atomic E-state index is 0.0459. The van der Waals surface area contributed by atoms with Gasteiger partial charge in [-0.05, 0) is 25.2 Å². The van der Waals surface area contributed by atoms with E-state index in [-0.39, 0.29) is 11.5 Å². The van der Waals surface area contributed by atoms with Crippen LogP contribution in [0.15, 0.2) is 18.2 Å². The van der Waals surface area contributed by atoms with Gasteiger partial charge in [0.05, 0.1) is 5.56 Å². The third-order valence-corrected chi connectivity index (χ3v) is 3.46. The zero-order chi connectivity index (χ0) is 14.0. The second kappa shape index (κ2) is 5.59. The Morgan fingerprint density at radius 2 is 2.00 bits per heavy atom. The normalized spacial score (nSPS) is 22.2. The first-order chi connectivity index (χ1) is 9.06. The molecule has 1 aromatic carbocycles. The number of carbonyl (C=O) groups excluding carboxylic acids is 1. The minimum atomic E-state index is -1.15. The van der Waals surface area contributed by atoms with Gasteiger partial charge in [-0.1, -0.05) is 13.8 Å². The number of aliphatic hydroxyl groups is 1. The third-order valence-electron chi connectivity index (χ3n) is 3.46. The molecular weight excluding hydrogens is 246 g/mol. The van der Waals surface area contributed by atoms with Gasteiger partial charge < -0.3 is 19.8 Å². The summed E-state index contributed by atoms with van der Waals surface area (Å²) in [6.07, 6.45) is -1.75. The number of hydrogen-bond acceptors (Lipinski definition) is 5. The summed E-state index contributed by atoms with van der Waals surface area (Å²) in [6, 6.07) is 4.30. The van der Waals surface area contributed by atoms with Gasteiger partial charge in [0.25, 0.3) is 0 Å². The predicted octanol–water partition coefficient (Wildman–Crippen LogP) is 1.04. The van der Waals surface area contributed by atoms with E-state index >= 15 is 0 Å². The fourth-order valence-corrected chi connectivity index (χ4v) is 2.24. The zero-order valence-electron chi connectivity index (χ0n) is 11.2. The largest absolute Gasteiger partial charge is 0.508 e. The number of aliphatic hydroxyl groups excluding tert-OH is 1. The molecule has 5 heteroatoms. The number of phenols is 1. The molecule has 1 aliphatic rings. The number of benzene rings is 1. The fraction of sp³-hybridized carbons (Fsp3) is 0.500. The molecule has 0 aromatic heterocycles. The van der Waals surface area contributed by atoms with E-state index in [9.17, 15) is 15.0 Å². The number of Topliss-reactive ketones (excluding diaryl/α,β-unsaturated/α-hetero) is 1. The Morgan fingerprint density at radius 3 is 2.63 bits per heavy atom. The van der Waals surface area contributed by atoms with E-state index in [2.05, 4.69) is 4.90 Å². The van der Waals surface area contributed by atoms with E-state index in [0.29, 0.717) is 17.9 Å². The molecule has 104 valence electrons. The number of hydrogen-bond donors (Lipinski definition) is 2. The maximum Gasteiger partial charge on any atom is 0.198 e. The minimum Gasteiger partial charge on any atom is -0.508 e. The predicted molar refractivity (Wildman–Crippen MR) is 70.6 cm³/mol. The van der Waals surface area contributed by atoms with Crippen molar-refractivity contribution >= 4 is 5.78 Å². The van der Waals surface area contributed by atoms with Gasteiger partial charge in [-0.2, -0.15) is 0 Å². The van der Waals surface area contributed by atoms with Crippen LogP contribution in [0.5, 0.6) is 11.5 Å². The maximum absolute atomic E-state index is 12.1. The van der Waals surface area contributed by atoms with Crippen molar-refractivity contribution in [2.75, 3.05) is 19.6 Å². The topological polar surface area (TPSA) is 70.0 Å². The Labute approximate surface area is 112 Å². The molecule has 0 saturated carbocycles. The summed E-state index contributed by atoms with van der Waals surface area (Å²) in [4.78, 5) is 14.1. The number of ketones is 1. The monoisotopic (exact) mass is 265 g/mol. The van der Waals surface area contributed by atoms with Gasteiger partial charge >= 0.3 is 0 Å². The van der Waals surface area contributed by atoms with E-state index in [1.165, 1.54) is 18.2 Å². The highest BCUT2D eigenvalue weighted by Crippen LogP contribution is 2.31. The Morgan fingerprint density at radius 1 is 1.32 bits per heavy atom. The highest BCUT2D eigenvalue weighted by atomic mass is 16.5. The van der Waals surface area contributed by atoms with Gasteiger partial charge in [-0.25, -0.2) is 0 Å². The van der Waals surface area contributed by atoms with Crippen LogP contribution in [0, 0.1) is 0 Å². The van der Waals surface area contributed by atoms with Gasteiger partial charge in [-0.15, -0.1) is 0 Å². The second-order valence-corrected chi connectivity index (χ2v) is 4.63. The first-order valence-electron chi connectivity index (χ1n) is 6.51. The first-order valence-corrected chi connectivity index (χ1v) is 6.51. The third kappa shape index (κ3) is 2.72. The summed E-state index contributed by atoms with van der Waals surface area (Å²) < 4.78 is 5.66. The van der Waals surface area contributed by atoms with Gasteiger partial charge in [0, 0.05) is 12.6 Å². The lowest BCUT2D eigenvalue weighted by Crippen LogP contribution is -2.49. The molecule has 0 saturated heterocycles. The van der Waals surface area contributed by atoms with Crippen molar-refractivity contribution in [2.45, 2.75) is 26.1 Å². The smallest absolute Gasteiger partial charge is 0.198 e. The van der Waals surface area contributed by atoms with Gasteiger partial charge in [0.1, 0.15) is 17.6 Å². The van der Waals surface area contributed by atoms with Crippen LogP contribution in [0.1, 0.15) is 24.2 Å². The van der Waals surface area contributed by atoms with Gasteiger partial charge in [-0.3, -0.25) is 4.79 Å². The summed E-state index contributed by atoms with van der Waals surface area (Å²) >= 11 is 0. The van der Waals surface area contributed by atoms with Crippen molar-refractivity contribution in [3.63, 3.8) is 0 Å². The van der Waals surface area contributed by atoms with Crippen molar-refractivity contribution < 1.29 is 19.7 Å². The van der Waals surface area contributed by atoms with Crippen LogP contribution in [0.4, 0.5) is 0 Å². The van der Waals surface area contributed by atoms with E-state index in [4.69, 9.17) is 4.74 Å². The molecule has 0 spiro atoms. The van der Waals surface area contributed by atoms with Crippen LogP contribution in [0.2, 0.25) is 0 Å². The molecule has 1 aromatic rings. The number of aromatic hydroxyl groups is 1. The molecule has 5 nitrogen and oxygen atoms in total. The van der Waals surface area contributed by atoms with E-state index < -0.39 is 12.2 Å². The van der Waals surface area contributed by atoms with Gasteiger partial charge in [0.15, 0.2) is 11.9 Å². The average molecular weight is 265 g/mol. The van der Waals surface area contributed by atoms with E-state index in [1.54, 1.807) is 0 Å². The molecule has 1 heterocycles. The van der Waals surface area contributed by atoms with Crippen LogP contribution in [0.3, 0.4) is 0 Å². The van der Waals surface area contributed by atoms with Crippen molar-refractivity contribution in [2.24, 2.45) is 0 Å². The van der Waals surface area contributed by atoms with E-state index in [1.807, 2.05) is 13.8 Å². The lowest BCUT2D eigenvalue weighted by molar-refractivity contribution is 0.00887. The van der Waals surface area contributed by atoms with E-state index in [0.717, 1.165) is 13.1 Å². The molecule has 2 N–H and O–H groups in total. The average Bonchev–Trinajstić information content (AvgIpc) is 2.41. The van der Waals surface area contributed by atoms with Crippen molar-refractivity contribution in [3.05, 3.63) is 23.8 Å². The second-order valence-electron chi connectivity index (χ2n) is 4.63. The standard InChI is InChI=1S/C14H19NO4/c1-3-15(4-2)8-12-14(18)13(17)10-6-5-9(16)7-11(10)19-12/h5-7,12,14,16,18H,3-4,8H2,1-2H3. The Kier molecular flexibility index (Phi) is 4.07. The number of nitrogens with zero attached hydrogens (tertiary/aromatic N) is 1. The van der Waals surface area contributed by atoms with Crippen molar-refractivity contribution in [1.29, 1.82) is 0 Å². The molecule has 1 aliphatic heterocycles. The molecule has 2 atom stereocenters. The quantitative estimate of drug-likeness (QED) is 0.851. The zero-order valence-corrected chi connectivity index (χ0v) is 11.2. The van der Waals surface area contributed by atoms with Crippen LogP contribution in [0.25, 0.3) is 0 Å². The van der Waals surface area contributed by atoms with Crippen molar-refractivity contribution in [1.82, 2.24) is 4.90 Å². The number of likely N-dealkylation sites (N-methyl/N-ethyl adjacent to an activating group) is 1. The molecular formula is C14H19NO4. The molecule has 0 amide bonds. The number of carbonyl (C=O) groups is 1. The summed E-state index contributed by atoms with van der Waals surface area (Å²) in [5, 5.41) is 19.5. The Bertz CT molecular complexity index is 471. The van der Waals surface area contributed by atoms with Crippen LogP contribution >= 0.6 is 0 Å². The van der Waals surface area contributed by atoms with Crippen LogP contribution in [-0.4, -0.2) is 52.7 Å². The summed E-state index contributed by atoms with van der Waals surface area (Å²) in [5.41, 5.74) is 0.320. The first kappa shape index (κ1) is 13.8. The summed E-state index contributed by atoms with van der Waals surface area (Å²) in [5.74, 6) is 0.0374. The molecule has 2 unspecified atom stereocenters. The molecule has 0 aliphatic carbocycles. The highest BCUT2D eigenvalue weighted by Gasteiger charge is 2.36. The lowest BCUT2D eigenvalue weighted by atomic mass is 9.97. The van der Waals surface area contributed by atoms with Crippen LogP contribution < -0.4 is 4.74 Å². The number of rotatable bonds is 4. The van der Waals surface area contributed by atoms with Gasteiger partial charge in [0.2, 0.25) is 0 Å². The molecule has 0 radical (unpaired) electrons. The van der Waals surface area contributed by atoms with Crippen molar-refractivity contribution in [3.8, 4) is 11.5 Å². The molecule has 19 heavy (non-hydrogen) atoms. The summed E-state index contributed by atoms with van der Waals surface area (Å²) in [7, 11) is 0. The number of ether oxygens (including phenoxy) is 1.